The lowest BCUT2D eigenvalue weighted by molar-refractivity contribution is 0.0588. The van der Waals surface area contributed by atoms with E-state index in [4.69, 9.17) is 15.2 Å². The summed E-state index contributed by atoms with van der Waals surface area (Å²) in [6.07, 6.45) is 1.44. The zero-order chi connectivity index (χ0) is 25.8. The summed E-state index contributed by atoms with van der Waals surface area (Å²) < 4.78 is 11.2. The summed E-state index contributed by atoms with van der Waals surface area (Å²) in [5.41, 5.74) is 8.19. The Morgan fingerprint density at radius 1 is 0.889 bits per heavy atom. The molecule has 36 heavy (non-hydrogen) atoms. The lowest BCUT2D eigenvalue weighted by atomic mass is 10.1. The standard InChI is InChI=1S/C26H25N5O5/c1-35-25(33)18-8-9-20(21(14-18)31-16-19(15-27)22(28)23(31)26(34)36-2)29-10-12-30(13-11-29)24(32)17-6-4-3-5-7-17/h3-9,14,16H,10-13,28H2,1-2H3. The number of rotatable bonds is 5. The molecule has 1 aromatic heterocycles. The fourth-order valence-corrected chi connectivity index (χ4v) is 4.25. The summed E-state index contributed by atoms with van der Waals surface area (Å²) in [7, 11) is 2.50. The van der Waals surface area contributed by atoms with E-state index in [1.807, 2.05) is 24.3 Å². The third kappa shape index (κ3) is 4.46. The zero-order valence-electron chi connectivity index (χ0n) is 19.9. The van der Waals surface area contributed by atoms with Crippen LogP contribution in [0.15, 0.2) is 54.7 Å². The molecule has 184 valence electrons. The van der Waals surface area contributed by atoms with Gasteiger partial charge in [-0.25, -0.2) is 9.59 Å². The Bertz CT molecular complexity index is 1350. The van der Waals surface area contributed by atoms with Crippen LogP contribution in [0.4, 0.5) is 11.4 Å². The first-order chi connectivity index (χ1) is 17.4. The van der Waals surface area contributed by atoms with Crippen molar-refractivity contribution >= 4 is 29.2 Å². The van der Waals surface area contributed by atoms with Crippen molar-refractivity contribution in [3.63, 3.8) is 0 Å². The van der Waals surface area contributed by atoms with Crippen LogP contribution in [0.1, 0.15) is 36.8 Å². The maximum absolute atomic E-state index is 12.9. The molecule has 0 bridgehead atoms. The van der Waals surface area contributed by atoms with E-state index in [1.165, 1.54) is 25.0 Å². The monoisotopic (exact) mass is 487 g/mol. The summed E-state index contributed by atoms with van der Waals surface area (Å²) in [6, 6.07) is 16.0. The van der Waals surface area contributed by atoms with Crippen LogP contribution in [-0.2, 0) is 9.47 Å². The molecule has 2 heterocycles. The summed E-state index contributed by atoms with van der Waals surface area (Å²) in [5, 5.41) is 9.51. The topological polar surface area (TPSA) is 131 Å². The first-order valence-electron chi connectivity index (χ1n) is 11.2. The number of carbonyl (C=O) groups is 3. The molecule has 1 aliphatic rings. The van der Waals surface area contributed by atoms with E-state index in [9.17, 15) is 19.6 Å². The number of hydrogen-bond donors (Lipinski definition) is 1. The van der Waals surface area contributed by atoms with Crippen molar-refractivity contribution in [2.45, 2.75) is 0 Å². The second kappa shape index (κ2) is 10.2. The maximum atomic E-state index is 12.9. The zero-order valence-corrected chi connectivity index (χ0v) is 19.9. The second-order valence-corrected chi connectivity index (χ2v) is 8.12. The predicted octanol–water partition coefficient (Wildman–Crippen LogP) is 2.47. The van der Waals surface area contributed by atoms with Gasteiger partial charge in [-0.05, 0) is 30.3 Å². The average molecular weight is 488 g/mol. The number of esters is 2. The summed E-state index contributed by atoms with van der Waals surface area (Å²) in [4.78, 5) is 41.6. The third-order valence-electron chi connectivity index (χ3n) is 6.13. The number of nitrogens with two attached hydrogens (primary N) is 1. The molecule has 10 heteroatoms. The first-order valence-corrected chi connectivity index (χ1v) is 11.2. The highest BCUT2D eigenvalue weighted by molar-refractivity contribution is 5.97. The molecule has 10 nitrogen and oxygen atoms in total. The van der Waals surface area contributed by atoms with Gasteiger partial charge in [-0.3, -0.25) is 4.79 Å². The average Bonchev–Trinajstić information content (AvgIpc) is 3.27. The van der Waals surface area contributed by atoms with Crippen LogP contribution in [-0.4, -0.2) is 67.7 Å². The fourth-order valence-electron chi connectivity index (χ4n) is 4.25. The van der Waals surface area contributed by atoms with Gasteiger partial charge in [0.25, 0.3) is 5.91 Å². The Morgan fingerprint density at radius 2 is 1.56 bits per heavy atom. The number of piperazine rings is 1. The number of nitrogens with zero attached hydrogens (tertiary/aromatic N) is 4. The van der Waals surface area contributed by atoms with Crippen molar-refractivity contribution in [2.24, 2.45) is 0 Å². The van der Waals surface area contributed by atoms with Gasteiger partial charge in [0, 0.05) is 37.9 Å². The number of nitrogen functional groups attached to an aromatic ring is 1. The highest BCUT2D eigenvalue weighted by Gasteiger charge is 2.28. The molecule has 0 spiro atoms. The Hall–Kier alpha value is -4.78. The smallest absolute Gasteiger partial charge is 0.357 e. The molecule has 3 aromatic rings. The van der Waals surface area contributed by atoms with E-state index >= 15 is 0 Å². The number of nitriles is 1. The molecule has 1 fully saturated rings. The molecule has 2 N–H and O–H groups in total. The van der Waals surface area contributed by atoms with Crippen molar-refractivity contribution in [3.8, 4) is 11.8 Å². The van der Waals surface area contributed by atoms with Gasteiger partial charge in [0.15, 0.2) is 5.69 Å². The van der Waals surface area contributed by atoms with Gasteiger partial charge in [0.2, 0.25) is 0 Å². The molecular formula is C26H25N5O5. The van der Waals surface area contributed by atoms with Crippen molar-refractivity contribution in [1.82, 2.24) is 9.47 Å². The highest BCUT2D eigenvalue weighted by Crippen LogP contribution is 2.32. The highest BCUT2D eigenvalue weighted by atomic mass is 16.5. The predicted molar refractivity (Wildman–Crippen MR) is 132 cm³/mol. The first kappa shape index (κ1) is 24.3. The number of carbonyl (C=O) groups excluding carboxylic acids is 3. The van der Waals surface area contributed by atoms with Gasteiger partial charge in [0.05, 0.1) is 42.4 Å². The molecule has 1 saturated heterocycles. The molecule has 1 amide bonds. The molecular weight excluding hydrogens is 462 g/mol. The Morgan fingerprint density at radius 3 is 2.17 bits per heavy atom. The molecule has 0 unspecified atom stereocenters. The van der Waals surface area contributed by atoms with Crippen LogP contribution >= 0.6 is 0 Å². The normalized spacial score (nSPS) is 13.1. The lowest BCUT2D eigenvalue weighted by Gasteiger charge is -2.37. The summed E-state index contributed by atoms with van der Waals surface area (Å²) >= 11 is 0. The minimum Gasteiger partial charge on any atom is -0.465 e. The SMILES string of the molecule is COC(=O)c1ccc(N2CCN(C(=O)c3ccccc3)CC2)c(-n2cc(C#N)c(N)c2C(=O)OC)c1. The second-order valence-electron chi connectivity index (χ2n) is 8.12. The van der Waals surface area contributed by atoms with Crippen LogP contribution in [0.5, 0.6) is 0 Å². The third-order valence-corrected chi connectivity index (χ3v) is 6.13. The van der Waals surface area contributed by atoms with Crippen molar-refractivity contribution < 1.29 is 23.9 Å². The quantitative estimate of drug-likeness (QED) is 0.543. The van der Waals surface area contributed by atoms with Gasteiger partial charge >= 0.3 is 11.9 Å². The molecule has 1 aliphatic heterocycles. The molecule has 0 atom stereocenters. The number of amides is 1. The van der Waals surface area contributed by atoms with Gasteiger partial charge in [-0.1, -0.05) is 18.2 Å². The summed E-state index contributed by atoms with van der Waals surface area (Å²) in [5.74, 6) is -1.32. The number of aromatic nitrogens is 1. The van der Waals surface area contributed by atoms with Crippen molar-refractivity contribution in [3.05, 3.63) is 77.1 Å². The van der Waals surface area contributed by atoms with E-state index < -0.39 is 11.9 Å². The minimum atomic E-state index is -0.721. The van der Waals surface area contributed by atoms with Gasteiger partial charge in [-0.2, -0.15) is 5.26 Å². The number of hydrogen-bond acceptors (Lipinski definition) is 8. The molecule has 4 rings (SSSR count). The minimum absolute atomic E-state index is 0.0166. The van der Waals surface area contributed by atoms with E-state index in [2.05, 4.69) is 4.90 Å². The van der Waals surface area contributed by atoms with E-state index in [-0.39, 0.29) is 28.4 Å². The number of anilines is 2. The van der Waals surface area contributed by atoms with Crippen LogP contribution in [0.2, 0.25) is 0 Å². The van der Waals surface area contributed by atoms with Crippen LogP contribution in [0.25, 0.3) is 5.69 Å². The number of ether oxygens (including phenoxy) is 2. The molecule has 0 radical (unpaired) electrons. The Labute approximate surface area is 208 Å². The fraction of sp³-hybridized carbons (Fsp3) is 0.231. The van der Waals surface area contributed by atoms with E-state index in [0.717, 1.165) is 0 Å². The van der Waals surface area contributed by atoms with Gasteiger partial charge < -0.3 is 29.6 Å². The van der Waals surface area contributed by atoms with Crippen LogP contribution in [0, 0.1) is 11.3 Å². The molecule has 2 aromatic carbocycles. The molecule has 0 aliphatic carbocycles. The van der Waals surface area contributed by atoms with E-state index in [1.54, 1.807) is 35.2 Å². The lowest BCUT2D eigenvalue weighted by Crippen LogP contribution is -2.49. The molecule has 0 saturated carbocycles. The van der Waals surface area contributed by atoms with Gasteiger partial charge in [-0.15, -0.1) is 0 Å². The summed E-state index contributed by atoms with van der Waals surface area (Å²) in [6.45, 7) is 1.98. The van der Waals surface area contributed by atoms with Crippen molar-refractivity contribution in [1.29, 1.82) is 5.26 Å². The van der Waals surface area contributed by atoms with Crippen LogP contribution in [0.3, 0.4) is 0 Å². The largest absolute Gasteiger partial charge is 0.465 e. The van der Waals surface area contributed by atoms with Crippen LogP contribution < -0.4 is 10.6 Å². The Balaban J connectivity index is 1.72. The maximum Gasteiger partial charge on any atom is 0.357 e. The van der Waals surface area contributed by atoms with Gasteiger partial charge in [0.1, 0.15) is 6.07 Å². The van der Waals surface area contributed by atoms with Crippen molar-refractivity contribution in [2.75, 3.05) is 51.0 Å². The number of benzene rings is 2. The number of methoxy groups -OCH3 is 2. The van der Waals surface area contributed by atoms with E-state index in [0.29, 0.717) is 43.1 Å². The Kier molecular flexibility index (Phi) is 6.92.